The Hall–Kier alpha value is -4.05. The number of fused-ring (bicyclic) bond motifs is 1. The van der Waals surface area contributed by atoms with Gasteiger partial charge in [-0.1, -0.05) is 31.2 Å². The number of benzene rings is 2. The van der Waals surface area contributed by atoms with Crippen molar-refractivity contribution in [3.8, 4) is 5.88 Å². The molecule has 2 aromatic heterocycles. The van der Waals surface area contributed by atoms with Gasteiger partial charge in [0.2, 0.25) is 5.88 Å². The third-order valence-electron chi connectivity index (χ3n) is 5.44. The number of hydrogen-bond donors (Lipinski definition) is 2. The molecule has 0 spiro atoms. The number of carbonyl (C=O) groups is 1. The minimum absolute atomic E-state index is 0.0537. The molecule has 4 rings (SSSR count). The van der Waals surface area contributed by atoms with Crippen LogP contribution in [0.5, 0.6) is 5.88 Å². The van der Waals surface area contributed by atoms with E-state index in [9.17, 15) is 17.6 Å². The average Bonchev–Trinajstić information content (AvgIpc) is 2.87. The first-order valence-corrected chi connectivity index (χ1v) is 12.3. The van der Waals surface area contributed by atoms with Gasteiger partial charge in [-0.3, -0.25) is 14.5 Å². The number of aromatic nitrogens is 2. The number of para-hydroxylation sites is 1. The standard InChI is InChI=1S/C25H23FN4O4S/c1-3-20(17-9-12-23(34-2)28-15-17)29-25(31)19-14-18(26)10-11-21(19)30-35(32,33)22-8-4-6-16-7-5-13-27-24(16)22/h4-15,20,30H,3H2,1-2H3,(H,29,31). The number of sulfonamides is 1. The van der Waals surface area contributed by atoms with Crippen LogP contribution in [0.2, 0.25) is 0 Å². The fourth-order valence-electron chi connectivity index (χ4n) is 3.66. The maximum absolute atomic E-state index is 14.1. The predicted molar refractivity (Wildman–Crippen MR) is 130 cm³/mol. The molecule has 8 nitrogen and oxygen atoms in total. The van der Waals surface area contributed by atoms with Gasteiger partial charge in [-0.15, -0.1) is 0 Å². The molecular formula is C25H23FN4O4S. The summed E-state index contributed by atoms with van der Waals surface area (Å²) in [6.07, 6.45) is 3.60. The molecule has 10 heteroatoms. The summed E-state index contributed by atoms with van der Waals surface area (Å²) < 4.78 is 48.1. The Bertz CT molecular complexity index is 1470. The van der Waals surface area contributed by atoms with E-state index in [1.54, 1.807) is 42.6 Å². The topological polar surface area (TPSA) is 110 Å². The van der Waals surface area contributed by atoms with E-state index in [2.05, 4.69) is 20.0 Å². The van der Waals surface area contributed by atoms with E-state index >= 15 is 0 Å². The SMILES string of the molecule is CCC(NC(=O)c1cc(F)ccc1NS(=O)(=O)c1cccc2cccnc12)c1ccc(OC)nc1. The van der Waals surface area contributed by atoms with E-state index in [4.69, 9.17) is 4.74 Å². The van der Waals surface area contributed by atoms with Gasteiger partial charge in [-0.25, -0.2) is 17.8 Å². The largest absolute Gasteiger partial charge is 0.481 e. The van der Waals surface area contributed by atoms with Crippen LogP contribution in [-0.2, 0) is 10.0 Å². The fraction of sp³-hybridized carbons (Fsp3) is 0.160. The summed E-state index contributed by atoms with van der Waals surface area (Å²) >= 11 is 0. The van der Waals surface area contributed by atoms with Gasteiger partial charge in [0.25, 0.3) is 15.9 Å². The van der Waals surface area contributed by atoms with Crippen molar-refractivity contribution < 1.29 is 22.3 Å². The molecule has 1 unspecified atom stereocenters. The lowest BCUT2D eigenvalue weighted by Gasteiger charge is -2.19. The summed E-state index contributed by atoms with van der Waals surface area (Å²) in [4.78, 5) is 21.4. The number of halogens is 1. The number of anilines is 1. The molecule has 0 fully saturated rings. The van der Waals surface area contributed by atoms with Gasteiger partial charge in [0.15, 0.2) is 0 Å². The number of methoxy groups -OCH3 is 1. The van der Waals surface area contributed by atoms with Gasteiger partial charge in [0.1, 0.15) is 10.7 Å². The Labute approximate surface area is 202 Å². The summed E-state index contributed by atoms with van der Waals surface area (Å²) in [5.74, 6) is -0.885. The van der Waals surface area contributed by atoms with Crippen molar-refractivity contribution in [1.29, 1.82) is 0 Å². The number of nitrogens with zero attached hydrogens (tertiary/aromatic N) is 2. The predicted octanol–water partition coefficient (Wildman–Crippen LogP) is 4.46. The van der Waals surface area contributed by atoms with E-state index in [1.165, 1.54) is 25.4 Å². The van der Waals surface area contributed by atoms with Gasteiger partial charge in [0, 0.05) is 23.8 Å². The number of amides is 1. The van der Waals surface area contributed by atoms with E-state index in [1.807, 2.05) is 6.92 Å². The molecule has 0 aliphatic carbocycles. The second-order valence-corrected chi connectivity index (χ2v) is 9.35. The number of rotatable bonds is 8. The summed E-state index contributed by atoms with van der Waals surface area (Å²) in [5.41, 5.74) is 0.803. The molecule has 0 saturated carbocycles. The highest BCUT2D eigenvalue weighted by Crippen LogP contribution is 2.26. The second kappa shape index (κ2) is 10.1. The molecule has 1 atom stereocenters. The Morgan fingerprint density at radius 1 is 1.09 bits per heavy atom. The molecular weight excluding hydrogens is 471 g/mol. The van der Waals surface area contributed by atoms with Crippen molar-refractivity contribution in [2.45, 2.75) is 24.3 Å². The Morgan fingerprint density at radius 3 is 2.60 bits per heavy atom. The first-order chi connectivity index (χ1) is 16.8. The van der Waals surface area contributed by atoms with Crippen LogP contribution in [-0.4, -0.2) is 31.4 Å². The van der Waals surface area contributed by atoms with Gasteiger partial charge >= 0.3 is 0 Å². The minimum Gasteiger partial charge on any atom is -0.481 e. The van der Waals surface area contributed by atoms with E-state index < -0.39 is 27.8 Å². The maximum atomic E-state index is 14.1. The summed E-state index contributed by atoms with van der Waals surface area (Å²) in [7, 11) is -2.64. The second-order valence-electron chi connectivity index (χ2n) is 7.69. The average molecular weight is 495 g/mol. The Kier molecular flexibility index (Phi) is 6.92. The Balaban J connectivity index is 1.65. The van der Waals surface area contributed by atoms with Crippen molar-refractivity contribution in [2.24, 2.45) is 0 Å². The van der Waals surface area contributed by atoms with Gasteiger partial charge in [-0.05, 0) is 42.3 Å². The van der Waals surface area contributed by atoms with Crippen molar-refractivity contribution in [3.63, 3.8) is 0 Å². The van der Waals surface area contributed by atoms with Crippen LogP contribution in [0.3, 0.4) is 0 Å². The third kappa shape index (κ3) is 5.22. The molecule has 4 aromatic rings. The first kappa shape index (κ1) is 24.1. The van der Waals surface area contributed by atoms with Crippen LogP contribution in [0.1, 0.15) is 35.3 Å². The number of pyridine rings is 2. The zero-order valence-corrected chi connectivity index (χ0v) is 19.8. The molecule has 35 heavy (non-hydrogen) atoms. The zero-order chi connectivity index (χ0) is 25.0. The number of hydrogen-bond acceptors (Lipinski definition) is 6. The molecule has 0 saturated heterocycles. The molecule has 0 radical (unpaired) electrons. The van der Waals surface area contributed by atoms with E-state index in [-0.39, 0.29) is 21.7 Å². The molecule has 180 valence electrons. The maximum Gasteiger partial charge on any atom is 0.264 e. The van der Waals surface area contributed by atoms with Crippen molar-refractivity contribution >= 4 is 32.5 Å². The van der Waals surface area contributed by atoms with Gasteiger partial charge < -0.3 is 10.1 Å². The highest BCUT2D eigenvalue weighted by molar-refractivity contribution is 7.93. The van der Waals surface area contributed by atoms with Crippen LogP contribution in [0.15, 0.2) is 78.0 Å². The smallest absolute Gasteiger partial charge is 0.264 e. The van der Waals surface area contributed by atoms with Crippen molar-refractivity contribution in [3.05, 3.63) is 90.0 Å². The summed E-state index contributed by atoms with van der Waals surface area (Å²) in [6.45, 7) is 1.87. The van der Waals surface area contributed by atoms with Crippen molar-refractivity contribution in [2.75, 3.05) is 11.8 Å². The lowest BCUT2D eigenvalue weighted by Crippen LogP contribution is -2.29. The number of nitrogens with one attached hydrogen (secondary N) is 2. The monoisotopic (exact) mass is 494 g/mol. The molecule has 2 N–H and O–H groups in total. The van der Waals surface area contributed by atoms with Crippen LogP contribution < -0.4 is 14.8 Å². The van der Waals surface area contributed by atoms with Crippen LogP contribution >= 0.6 is 0 Å². The van der Waals surface area contributed by atoms with Crippen LogP contribution in [0.4, 0.5) is 10.1 Å². The molecule has 2 aromatic carbocycles. The fourth-order valence-corrected chi connectivity index (χ4v) is 4.92. The zero-order valence-electron chi connectivity index (χ0n) is 19.0. The minimum atomic E-state index is -4.14. The first-order valence-electron chi connectivity index (χ1n) is 10.8. The molecule has 0 aliphatic heterocycles. The van der Waals surface area contributed by atoms with Gasteiger partial charge in [-0.2, -0.15) is 0 Å². The third-order valence-corrected chi connectivity index (χ3v) is 6.84. The molecule has 1 amide bonds. The highest BCUT2D eigenvalue weighted by Gasteiger charge is 2.23. The highest BCUT2D eigenvalue weighted by atomic mass is 32.2. The lowest BCUT2D eigenvalue weighted by atomic mass is 10.1. The van der Waals surface area contributed by atoms with Gasteiger partial charge in [0.05, 0.1) is 29.9 Å². The molecule has 0 bridgehead atoms. The summed E-state index contributed by atoms with van der Waals surface area (Å²) in [5, 5.41) is 3.47. The lowest BCUT2D eigenvalue weighted by molar-refractivity contribution is 0.0936. The molecule has 0 aliphatic rings. The van der Waals surface area contributed by atoms with Crippen LogP contribution in [0.25, 0.3) is 10.9 Å². The number of ether oxygens (including phenoxy) is 1. The molecule has 2 heterocycles. The summed E-state index contributed by atoms with van der Waals surface area (Å²) in [6, 6.07) is 14.5. The normalized spacial score (nSPS) is 12.2. The van der Waals surface area contributed by atoms with E-state index in [0.29, 0.717) is 17.7 Å². The Morgan fingerprint density at radius 2 is 1.89 bits per heavy atom. The van der Waals surface area contributed by atoms with E-state index in [0.717, 1.165) is 17.7 Å². The van der Waals surface area contributed by atoms with Crippen LogP contribution in [0, 0.1) is 5.82 Å². The quantitative estimate of drug-likeness (QED) is 0.374. The number of carbonyl (C=O) groups excluding carboxylic acids is 1. The van der Waals surface area contributed by atoms with Crippen molar-refractivity contribution in [1.82, 2.24) is 15.3 Å².